The van der Waals surface area contributed by atoms with Gasteiger partial charge in [-0.1, -0.05) is 56.3 Å². The molecule has 0 fully saturated rings. The average molecular weight is 437 g/mol. The molecule has 0 saturated carbocycles. The first-order chi connectivity index (χ1) is 15.2. The molecule has 2 aromatic carbocycles. The molecular weight excluding hydrogens is 412 g/mol. The minimum atomic E-state index is -1.02. The lowest BCUT2D eigenvalue weighted by Crippen LogP contribution is -2.43. The van der Waals surface area contributed by atoms with Gasteiger partial charge in [-0.3, -0.25) is 4.79 Å². The van der Waals surface area contributed by atoms with Gasteiger partial charge in [-0.25, -0.2) is 13.6 Å². The van der Waals surface area contributed by atoms with Crippen molar-refractivity contribution < 1.29 is 23.1 Å². The van der Waals surface area contributed by atoms with Gasteiger partial charge in [0.05, 0.1) is 11.5 Å². The topological polar surface area (TPSA) is 55.4 Å². The van der Waals surface area contributed by atoms with Gasteiger partial charge in [-0.2, -0.15) is 0 Å². The Bertz CT molecular complexity index is 1140. The van der Waals surface area contributed by atoms with Crippen molar-refractivity contribution in [3.05, 3.63) is 94.3 Å². The summed E-state index contributed by atoms with van der Waals surface area (Å²) >= 11 is 0. The fourth-order valence-electron chi connectivity index (χ4n) is 4.60. The summed E-state index contributed by atoms with van der Waals surface area (Å²) in [5.41, 5.74) is 2.30. The number of ketones is 1. The van der Waals surface area contributed by atoms with E-state index in [0.717, 1.165) is 17.7 Å². The van der Waals surface area contributed by atoms with Gasteiger partial charge in [0.2, 0.25) is 0 Å². The van der Waals surface area contributed by atoms with E-state index in [2.05, 4.69) is 5.32 Å². The van der Waals surface area contributed by atoms with Crippen molar-refractivity contribution in [3.8, 4) is 0 Å². The lowest BCUT2D eigenvalue weighted by molar-refractivity contribution is -0.141. The first-order valence-electron chi connectivity index (χ1n) is 10.6. The lowest BCUT2D eigenvalue weighted by Gasteiger charge is -2.41. The summed E-state index contributed by atoms with van der Waals surface area (Å²) in [6.07, 6.45) is 2.27. The van der Waals surface area contributed by atoms with Crippen molar-refractivity contribution in [2.75, 3.05) is 0 Å². The van der Waals surface area contributed by atoms with Gasteiger partial charge in [0.25, 0.3) is 0 Å². The van der Waals surface area contributed by atoms with Crippen LogP contribution in [-0.2, 0) is 20.9 Å². The zero-order chi connectivity index (χ0) is 23.0. The molecule has 1 N–H and O–H groups in total. The Morgan fingerprint density at radius 3 is 2.50 bits per heavy atom. The largest absolute Gasteiger partial charge is 0.457 e. The average Bonchev–Trinajstić information content (AvgIpc) is 2.73. The maximum atomic E-state index is 14.2. The zero-order valence-electron chi connectivity index (χ0n) is 18.2. The molecule has 0 bridgehead atoms. The summed E-state index contributed by atoms with van der Waals surface area (Å²) in [6.45, 7) is 5.72. The molecule has 32 heavy (non-hydrogen) atoms. The summed E-state index contributed by atoms with van der Waals surface area (Å²) in [5.74, 6) is -4.13. The van der Waals surface area contributed by atoms with Crippen molar-refractivity contribution >= 4 is 11.8 Å². The predicted octanol–water partition coefficient (Wildman–Crippen LogP) is 5.17. The number of Topliss-reactive ketones (excluding diaryl/α,β-unsaturated/α-hetero) is 1. The molecule has 4 nitrogen and oxygen atoms in total. The van der Waals surface area contributed by atoms with Crippen LogP contribution in [0.4, 0.5) is 8.78 Å². The molecule has 1 aliphatic carbocycles. The second kappa shape index (κ2) is 8.34. The van der Waals surface area contributed by atoms with Crippen LogP contribution in [0.15, 0.2) is 71.6 Å². The summed E-state index contributed by atoms with van der Waals surface area (Å²) < 4.78 is 33.4. The number of carbonyl (C=O) groups excluding carboxylic acids is 2. The fraction of sp³-hybridized carbons (Fsp3) is 0.308. The van der Waals surface area contributed by atoms with Crippen molar-refractivity contribution in [1.82, 2.24) is 5.32 Å². The predicted molar refractivity (Wildman–Crippen MR) is 116 cm³/mol. The van der Waals surface area contributed by atoms with E-state index in [0.29, 0.717) is 17.0 Å². The summed E-state index contributed by atoms with van der Waals surface area (Å²) in [5, 5.41) is 3.21. The number of carbonyl (C=O) groups is 2. The number of rotatable bonds is 4. The van der Waals surface area contributed by atoms with E-state index in [1.807, 2.05) is 50.3 Å². The highest BCUT2D eigenvalue weighted by molar-refractivity contribution is 5.96. The van der Waals surface area contributed by atoms with Crippen molar-refractivity contribution in [2.24, 2.45) is 11.3 Å². The van der Waals surface area contributed by atoms with Gasteiger partial charge >= 0.3 is 5.97 Å². The smallest absolute Gasteiger partial charge is 0.336 e. The highest BCUT2D eigenvalue weighted by atomic mass is 19.2. The molecule has 6 heteroatoms. The van der Waals surface area contributed by atoms with Gasteiger partial charge in [0, 0.05) is 23.7 Å². The SMILES string of the molecule is CC1=C(C(=O)OCc2ccccc2)C(c2ccc(F)c(F)c2)C2C(=O)CC(C)(C)C=C2N1. The molecule has 0 spiro atoms. The molecular formula is C26H25F2NO3. The van der Waals surface area contributed by atoms with Gasteiger partial charge < -0.3 is 10.1 Å². The lowest BCUT2D eigenvalue weighted by atomic mass is 9.66. The number of nitrogens with one attached hydrogen (secondary N) is 1. The second-order valence-corrected chi connectivity index (χ2v) is 9.09. The van der Waals surface area contributed by atoms with E-state index in [1.54, 1.807) is 6.92 Å². The monoisotopic (exact) mass is 437 g/mol. The van der Waals surface area contributed by atoms with Crippen LogP contribution in [0, 0.1) is 23.0 Å². The number of hydrogen-bond donors (Lipinski definition) is 1. The van der Waals surface area contributed by atoms with E-state index in [4.69, 9.17) is 4.74 Å². The van der Waals surface area contributed by atoms with E-state index in [1.165, 1.54) is 6.07 Å². The number of halogens is 2. The van der Waals surface area contributed by atoms with E-state index in [9.17, 15) is 18.4 Å². The molecule has 2 aliphatic rings. The Kier molecular flexibility index (Phi) is 5.71. The van der Waals surface area contributed by atoms with Crippen LogP contribution in [0.2, 0.25) is 0 Å². The number of ether oxygens (including phenoxy) is 1. The standard InChI is InChI=1S/C26H25F2NO3/c1-15-22(25(31)32-14-16-7-5-4-6-8-16)23(17-9-10-18(27)19(28)11-17)24-20(29-15)12-26(2,3)13-21(24)30/h4-12,23-24,29H,13-14H2,1-3H3. The molecule has 2 atom stereocenters. The maximum Gasteiger partial charge on any atom is 0.336 e. The molecule has 0 aromatic heterocycles. The Hall–Kier alpha value is -3.28. The summed E-state index contributed by atoms with van der Waals surface area (Å²) in [4.78, 5) is 26.4. The molecule has 4 rings (SSSR count). The number of fused-ring (bicyclic) bond motifs is 1. The molecule has 0 amide bonds. The summed E-state index contributed by atoms with van der Waals surface area (Å²) in [6, 6.07) is 12.8. The van der Waals surface area contributed by atoms with Crippen LogP contribution in [0.3, 0.4) is 0 Å². The van der Waals surface area contributed by atoms with Crippen molar-refractivity contribution in [3.63, 3.8) is 0 Å². The molecule has 2 aromatic rings. The third kappa shape index (κ3) is 4.22. The number of benzene rings is 2. The normalized spacial score (nSPS) is 22.0. The Labute approximate surface area is 186 Å². The van der Waals surface area contributed by atoms with Crippen LogP contribution in [0.25, 0.3) is 0 Å². The fourth-order valence-corrected chi connectivity index (χ4v) is 4.60. The molecule has 2 unspecified atom stereocenters. The van der Waals surface area contributed by atoms with Gasteiger partial charge in [0.1, 0.15) is 12.4 Å². The van der Waals surface area contributed by atoms with Gasteiger partial charge in [-0.05, 0) is 35.6 Å². The minimum absolute atomic E-state index is 0.0596. The van der Waals surface area contributed by atoms with Gasteiger partial charge in [0.15, 0.2) is 11.6 Å². The van der Waals surface area contributed by atoms with Crippen molar-refractivity contribution in [2.45, 2.75) is 39.7 Å². The minimum Gasteiger partial charge on any atom is -0.457 e. The van der Waals surface area contributed by atoms with Crippen LogP contribution < -0.4 is 5.32 Å². The first kappa shape index (κ1) is 21.9. The molecule has 0 radical (unpaired) electrons. The number of esters is 1. The van der Waals surface area contributed by atoms with Gasteiger partial charge in [-0.15, -0.1) is 0 Å². The molecule has 166 valence electrons. The summed E-state index contributed by atoms with van der Waals surface area (Å²) in [7, 11) is 0. The van der Waals surface area contributed by atoms with E-state index >= 15 is 0 Å². The third-order valence-corrected chi connectivity index (χ3v) is 5.97. The third-order valence-electron chi connectivity index (χ3n) is 5.97. The van der Waals surface area contributed by atoms with E-state index in [-0.39, 0.29) is 29.8 Å². The number of allylic oxidation sites excluding steroid dienone is 3. The van der Waals surface area contributed by atoms with Crippen LogP contribution in [0.5, 0.6) is 0 Å². The Morgan fingerprint density at radius 1 is 1.09 bits per heavy atom. The van der Waals surface area contributed by atoms with E-state index < -0.39 is 29.4 Å². The quantitative estimate of drug-likeness (QED) is 0.671. The van der Waals surface area contributed by atoms with Crippen LogP contribution in [0.1, 0.15) is 44.2 Å². The van der Waals surface area contributed by atoms with Crippen LogP contribution in [-0.4, -0.2) is 11.8 Å². The Morgan fingerprint density at radius 2 is 1.81 bits per heavy atom. The molecule has 1 heterocycles. The maximum absolute atomic E-state index is 14.2. The Balaban J connectivity index is 1.77. The first-order valence-corrected chi connectivity index (χ1v) is 10.6. The highest BCUT2D eigenvalue weighted by Gasteiger charge is 2.46. The zero-order valence-corrected chi connectivity index (χ0v) is 18.2. The highest BCUT2D eigenvalue weighted by Crippen LogP contribution is 2.47. The van der Waals surface area contributed by atoms with Crippen LogP contribution >= 0.6 is 0 Å². The van der Waals surface area contributed by atoms with Crippen molar-refractivity contribution in [1.29, 1.82) is 0 Å². The molecule has 1 aliphatic heterocycles. The second-order valence-electron chi connectivity index (χ2n) is 9.09. The number of hydrogen-bond acceptors (Lipinski definition) is 4. The molecule has 0 saturated heterocycles.